The number of amides is 1. The number of likely N-dealkylation sites (tertiary alicyclic amines) is 1. The lowest BCUT2D eigenvalue weighted by Gasteiger charge is -2.28. The van der Waals surface area contributed by atoms with E-state index in [-0.39, 0.29) is 11.4 Å². The summed E-state index contributed by atoms with van der Waals surface area (Å²) in [6, 6.07) is 0. The maximum Gasteiger partial charge on any atom is 0.490 e. The molecule has 2 rings (SSSR count). The van der Waals surface area contributed by atoms with E-state index in [9.17, 15) is 18.0 Å². The van der Waals surface area contributed by atoms with Crippen molar-refractivity contribution in [2.75, 3.05) is 19.6 Å². The van der Waals surface area contributed by atoms with Gasteiger partial charge in [-0.3, -0.25) is 4.79 Å². The number of hydrogen-bond donors (Lipinski definition) is 2. The molecular weight excluding hydrogens is 313 g/mol. The van der Waals surface area contributed by atoms with E-state index >= 15 is 0 Å². The molecule has 2 heterocycles. The van der Waals surface area contributed by atoms with Gasteiger partial charge >= 0.3 is 12.1 Å². The number of nitrogens with zero attached hydrogens (tertiary/aromatic N) is 1. The van der Waals surface area contributed by atoms with Gasteiger partial charge in [-0.15, -0.1) is 0 Å². The van der Waals surface area contributed by atoms with E-state index in [1.807, 2.05) is 0 Å². The molecule has 1 spiro atoms. The Morgan fingerprint density at radius 1 is 1.30 bits per heavy atom. The van der Waals surface area contributed by atoms with Gasteiger partial charge in [0.25, 0.3) is 0 Å². The minimum Gasteiger partial charge on any atom is -0.475 e. The van der Waals surface area contributed by atoms with Crippen molar-refractivity contribution in [2.45, 2.75) is 57.7 Å². The van der Waals surface area contributed by atoms with Crippen LogP contribution in [0.1, 0.15) is 46.0 Å². The summed E-state index contributed by atoms with van der Waals surface area (Å²) in [5.41, 5.74) is 0.156. The van der Waals surface area contributed by atoms with Crippen LogP contribution in [0.2, 0.25) is 0 Å². The highest BCUT2D eigenvalue weighted by Gasteiger charge is 2.39. The van der Waals surface area contributed by atoms with E-state index in [0.29, 0.717) is 0 Å². The van der Waals surface area contributed by atoms with Crippen LogP contribution in [0.5, 0.6) is 0 Å². The molecule has 2 saturated heterocycles. The standard InChI is InChI=1S/C13H24N2O.C2HF3O2/c1-11(2)10-15-8-3-5-13(7-9-15)6-4-12(16)14-13;3-2(4,5)1(6)7/h11H,3-10H2,1-2H3,(H,14,16);(H,6,7). The zero-order valence-electron chi connectivity index (χ0n) is 13.6. The van der Waals surface area contributed by atoms with Crippen LogP contribution in [0.4, 0.5) is 13.2 Å². The van der Waals surface area contributed by atoms with Crippen molar-refractivity contribution in [1.82, 2.24) is 10.2 Å². The van der Waals surface area contributed by atoms with Crippen LogP contribution in [0, 0.1) is 5.92 Å². The molecule has 0 aromatic rings. The minimum absolute atomic E-state index is 0.156. The zero-order chi connectivity index (χ0) is 17.7. The van der Waals surface area contributed by atoms with Gasteiger partial charge in [-0.2, -0.15) is 13.2 Å². The van der Waals surface area contributed by atoms with Gasteiger partial charge in [0.2, 0.25) is 5.91 Å². The average Bonchev–Trinajstić information content (AvgIpc) is 2.65. The Balaban J connectivity index is 0.000000322. The van der Waals surface area contributed by atoms with Crippen LogP contribution >= 0.6 is 0 Å². The summed E-state index contributed by atoms with van der Waals surface area (Å²) >= 11 is 0. The van der Waals surface area contributed by atoms with Crippen molar-refractivity contribution >= 4 is 11.9 Å². The van der Waals surface area contributed by atoms with Gasteiger partial charge in [-0.1, -0.05) is 13.8 Å². The number of rotatable bonds is 2. The molecular formula is C15H25F3N2O3. The highest BCUT2D eigenvalue weighted by Crippen LogP contribution is 2.31. The first kappa shape index (κ1) is 19.7. The summed E-state index contributed by atoms with van der Waals surface area (Å²) in [5, 5.41) is 10.3. The Hall–Kier alpha value is -1.31. The Bertz CT molecular complexity index is 427. The molecule has 2 fully saturated rings. The van der Waals surface area contributed by atoms with Gasteiger partial charge in [-0.25, -0.2) is 4.79 Å². The molecule has 23 heavy (non-hydrogen) atoms. The number of halogens is 3. The molecule has 0 radical (unpaired) electrons. The molecule has 0 aromatic carbocycles. The lowest BCUT2D eigenvalue weighted by Crippen LogP contribution is -2.42. The molecule has 2 N–H and O–H groups in total. The van der Waals surface area contributed by atoms with Crippen LogP contribution < -0.4 is 5.32 Å². The Kier molecular flexibility index (Phi) is 6.85. The Morgan fingerprint density at radius 3 is 2.35 bits per heavy atom. The lowest BCUT2D eigenvalue weighted by molar-refractivity contribution is -0.192. The second-order valence-corrected chi connectivity index (χ2v) is 6.68. The van der Waals surface area contributed by atoms with E-state index in [1.54, 1.807) is 0 Å². The van der Waals surface area contributed by atoms with Crippen LogP contribution in [0.3, 0.4) is 0 Å². The second kappa shape index (κ2) is 7.99. The lowest BCUT2D eigenvalue weighted by atomic mass is 9.89. The van der Waals surface area contributed by atoms with Gasteiger partial charge in [-0.05, 0) is 38.1 Å². The molecule has 2 aliphatic rings. The molecule has 0 aromatic heterocycles. The van der Waals surface area contributed by atoms with E-state index in [2.05, 4.69) is 24.1 Å². The molecule has 0 saturated carbocycles. The second-order valence-electron chi connectivity index (χ2n) is 6.68. The van der Waals surface area contributed by atoms with Crippen molar-refractivity contribution in [3.63, 3.8) is 0 Å². The summed E-state index contributed by atoms with van der Waals surface area (Å²) < 4.78 is 31.7. The van der Waals surface area contributed by atoms with Crippen LogP contribution in [-0.4, -0.2) is 53.2 Å². The molecule has 0 aliphatic carbocycles. The predicted molar refractivity (Wildman–Crippen MR) is 78.9 cm³/mol. The predicted octanol–water partition coefficient (Wildman–Crippen LogP) is 2.41. The smallest absolute Gasteiger partial charge is 0.475 e. The van der Waals surface area contributed by atoms with Gasteiger partial charge in [0.15, 0.2) is 0 Å². The maximum absolute atomic E-state index is 11.4. The molecule has 1 amide bonds. The fourth-order valence-electron chi connectivity index (χ4n) is 3.10. The summed E-state index contributed by atoms with van der Waals surface area (Å²) in [5.74, 6) is -1.75. The third-order valence-electron chi connectivity index (χ3n) is 4.14. The van der Waals surface area contributed by atoms with Crippen molar-refractivity contribution in [3.05, 3.63) is 0 Å². The monoisotopic (exact) mass is 338 g/mol. The summed E-state index contributed by atoms with van der Waals surface area (Å²) in [6.07, 6.45) is 0.261. The summed E-state index contributed by atoms with van der Waals surface area (Å²) in [7, 11) is 0. The first-order chi connectivity index (χ1) is 10.5. The number of carbonyl (C=O) groups is 2. The topological polar surface area (TPSA) is 69.6 Å². The van der Waals surface area contributed by atoms with Crippen LogP contribution in [-0.2, 0) is 9.59 Å². The SMILES string of the molecule is CC(C)CN1CCCC2(CCC(=O)N2)CC1.O=C(O)C(F)(F)F. The quantitative estimate of drug-likeness (QED) is 0.811. The third kappa shape index (κ3) is 6.76. The minimum atomic E-state index is -5.08. The van der Waals surface area contributed by atoms with Crippen molar-refractivity contribution in [3.8, 4) is 0 Å². The van der Waals surface area contributed by atoms with Crippen molar-refractivity contribution in [2.24, 2.45) is 5.92 Å². The first-order valence-corrected chi connectivity index (χ1v) is 7.87. The van der Waals surface area contributed by atoms with Crippen LogP contribution in [0.25, 0.3) is 0 Å². The Labute approximate surface area is 134 Å². The normalized spacial score (nSPS) is 25.7. The van der Waals surface area contributed by atoms with Gasteiger partial charge in [0.1, 0.15) is 0 Å². The highest BCUT2D eigenvalue weighted by atomic mass is 19.4. The highest BCUT2D eigenvalue weighted by molar-refractivity contribution is 5.79. The summed E-state index contributed by atoms with van der Waals surface area (Å²) in [4.78, 5) is 22.8. The largest absolute Gasteiger partial charge is 0.490 e. The number of aliphatic carboxylic acids is 1. The molecule has 1 unspecified atom stereocenters. The third-order valence-corrected chi connectivity index (χ3v) is 4.14. The van der Waals surface area contributed by atoms with E-state index in [4.69, 9.17) is 9.90 Å². The molecule has 2 aliphatic heterocycles. The number of alkyl halides is 3. The zero-order valence-corrected chi connectivity index (χ0v) is 13.6. The van der Waals surface area contributed by atoms with E-state index < -0.39 is 12.1 Å². The van der Waals surface area contributed by atoms with Gasteiger partial charge in [0.05, 0.1) is 0 Å². The fraction of sp³-hybridized carbons (Fsp3) is 0.867. The number of carbonyl (C=O) groups excluding carboxylic acids is 1. The molecule has 134 valence electrons. The van der Waals surface area contributed by atoms with Crippen molar-refractivity contribution in [1.29, 1.82) is 0 Å². The molecule has 5 nitrogen and oxygen atoms in total. The Morgan fingerprint density at radius 2 is 1.91 bits per heavy atom. The maximum atomic E-state index is 11.4. The molecule has 1 atom stereocenters. The molecule has 8 heteroatoms. The number of carboxylic acids is 1. The fourth-order valence-corrected chi connectivity index (χ4v) is 3.10. The van der Waals surface area contributed by atoms with Gasteiger partial charge < -0.3 is 15.3 Å². The average molecular weight is 338 g/mol. The van der Waals surface area contributed by atoms with Crippen molar-refractivity contribution < 1.29 is 27.9 Å². The number of carboxylic acid groups (broad SMARTS) is 1. The first-order valence-electron chi connectivity index (χ1n) is 7.87. The van der Waals surface area contributed by atoms with E-state index in [0.717, 1.165) is 31.7 Å². The molecule has 0 bridgehead atoms. The van der Waals surface area contributed by atoms with Crippen LogP contribution in [0.15, 0.2) is 0 Å². The van der Waals surface area contributed by atoms with Gasteiger partial charge in [0, 0.05) is 25.0 Å². The number of hydrogen-bond acceptors (Lipinski definition) is 3. The number of nitrogens with one attached hydrogen (secondary N) is 1. The summed E-state index contributed by atoms with van der Waals surface area (Å²) in [6.45, 7) is 8.11. The van der Waals surface area contributed by atoms with E-state index in [1.165, 1.54) is 25.9 Å².